The Bertz CT molecular complexity index is 1490. The quantitative estimate of drug-likeness (QED) is 0.441. The number of fused-ring (bicyclic) bond motifs is 2. The summed E-state index contributed by atoms with van der Waals surface area (Å²) in [6.07, 6.45) is 3.87. The molecule has 2 amide bonds. The smallest absolute Gasteiger partial charge is 0.256 e. The summed E-state index contributed by atoms with van der Waals surface area (Å²) in [7, 11) is 0. The van der Waals surface area contributed by atoms with Gasteiger partial charge >= 0.3 is 0 Å². The van der Waals surface area contributed by atoms with Crippen LogP contribution < -0.4 is 15.2 Å². The number of anilines is 1. The van der Waals surface area contributed by atoms with Crippen LogP contribution >= 0.6 is 0 Å². The van der Waals surface area contributed by atoms with Crippen molar-refractivity contribution in [2.24, 2.45) is 4.99 Å². The van der Waals surface area contributed by atoms with Crippen molar-refractivity contribution < 1.29 is 19.1 Å². The summed E-state index contributed by atoms with van der Waals surface area (Å²) in [6.45, 7) is 7.70. The van der Waals surface area contributed by atoms with Crippen LogP contribution in [-0.2, 0) is 0 Å². The number of benzene rings is 3. The number of hydrogen-bond donors (Lipinski definition) is 1. The van der Waals surface area contributed by atoms with Crippen LogP contribution in [0.2, 0.25) is 0 Å². The van der Waals surface area contributed by atoms with Crippen molar-refractivity contribution >= 4 is 29.4 Å². The summed E-state index contributed by atoms with van der Waals surface area (Å²) >= 11 is 0. The van der Waals surface area contributed by atoms with E-state index in [9.17, 15) is 9.59 Å². The van der Waals surface area contributed by atoms with Crippen LogP contribution in [0.4, 0.5) is 11.4 Å². The molecule has 9 nitrogen and oxygen atoms in total. The van der Waals surface area contributed by atoms with Crippen molar-refractivity contribution in [1.29, 1.82) is 0 Å². The van der Waals surface area contributed by atoms with Gasteiger partial charge in [0.25, 0.3) is 11.8 Å². The third kappa shape index (κ3) is 5.63. The fraction of sp³-hybridized carbons (Fsp3) is 0.344. The van der Waals surface area contributed by atoms with Gasteiger partial charge in [0.2, 0.25) is 0 Å². The third-order valence-corrected chi connectivity index (χ3v) is 8.04. The summed E-state index contributed by atoms with van der Waals surface area (Å²) < 4.78 is 12.1. The van der Waals surface area contributed by atoms with Crippen LogP contribution in [-0.4, -0.2) is 78.2 Å². The molecule has 212 valence electrons. The second kappa shape index (κ2) is 11.2. The molecule has 1 atom stereocenters. The highest BCUT2D eigenvalue weighted by atomic mass is 16.5. The Hall–Kier alpha value is -4.37. The molecule has 2 fully saturated rings. The minimum Gasteiger partial charge on any atom is -0.478 e. The number of aliphatic imine (C=N–C) groups is 1. The molecule has 3 heterocycles. The highest BCUT2D eigenvalue weighted by molar-refractivity contribution is 6.03. The first kappa shape index (κ1) is 26.8. The Labute approximate surface area is 240 Å². The van der Waals surface area contributed by atoms with Crippen LogP contribution in [0, 0.1) is 13.8 Å². The number of carbonyl (C=O) groups is 2. The molecule has 0 radical (unpaired) electrons. The van der Waals surface area contributed by atoms with Crippen LogP contribution in [0.5, 0.6) is 17.2 Å². The minimum absolute atomic E-state index is 0.0469. The van der Waals surface area contributed by atoms with Crippen LogP contribution in [0.25, 0.3) is 0 Å². The summed E-state index contributed by atoms with van der Waals surface area (Å²) in [5, 5.41) is 0. The normalized spacial score (nSPS) is 18.6. The van der Waals surface area contributed by atoms with Crippen LogP contribution in [0.15, 0.2) is 59.6 Å². The highest BCUT2D eigenvalue weighted by Gasteiger charge is 2.32. The van der Waals surface area contributed by atoms with Gasteiger partial charge in [-0.15, -0.1) is 0 Å². The fourth-order valence-electron chi connectivity index (χ4n) is 5.56. The molecule has 0 aliphatic carbocycles. The van der Waals surface area contributed by atoms with Crippen LogP contribution in [0.3, 0.4) is 0 Å². The van der Waals surface area contributed by atoms with Crippen molar-refractivity contribution in [2.45, 2.75) is 32.7 Å². The zero-order valence-electron chi connectivity index (χ0n) is 23.5. The number of piperazine rings is 1. The highest BCUT2D eigenvalue weighted by Crippen LogP contribution is 2.34. The van der Waals surface area contributed by atoms with Gasteiger partial charge in [0.15, 0.2) is 0 Å². The standard InChI is InChI=1S/C32H35N5O4/c1-21-5-8-25(9-6-21)41-29-10-7-23(17-27(29)33)31(38)36-14-12-35(13-15-36)20-40-30-18-28-26(16-22(30)2)32(39)37-11-3-4-24(37)19-34-28/h5-10,16-19,24H,3-4,11-15,20,33H2,1-2H3/t24-/m0/s1. The van der Waals surface area contributed by atoms with Gasteiger partial charge in [-0.1, -0.05) is 17.7 Å². The molecule has 3 aromatic carbocycles. The van der Waals surface area contributed by atoms with E-state index in [2.05, 4.69) is 9.89 Å². The lowest BCUT2D eigenvalue weighted by Crippen LogP contribution is -2.49. The second-order valence-corrected chi connectivity index (χ2v) is 11.0. The Morgan fingerprint density at radius 1 is 0.976 bits per heavy atom. The predicted octanol–water partition coefficient (Wildman–Crippen LogP) is 4.79. The Morgan fingerprint density at radius 3 is 2.51 bits per heavy atom. The number of nitrogens with two attached hydrogens (primary N) is 1. The molecule has 0 bridgehead atoms. The number of carbonyl (C=O) groups excluding carboxylic acids is 2. The van der Waals surface area contributed by atoms with E-state index in [1.165, 1.54) is 0 Å². The molecule has 3 aliphatic heterocycles. The SMILES string of the molecule is Cc1ccc(Oc2ccc(C(=O)N3CCN(COc4cc5c(cc4C)C(=O)N4CCC[C@H]4C=N5)CC3)cc2N)cc1. The summed E-state index contributed by atoms with van der Waals surface area (Å²) in [5.74, 6) is 1.94. The van der Waals surface area contributed by atoms with E-state index in [0.717, 1.165) is 36.3 Å². The van der Waals surface area contributed by atoms with Gasteiger partial charge in [0.1, 0.15) is 24.0 Å². The van der Waals surface area contributed by atoms with Crippen molar-refractivity contribution in [3.63, 3.8) is 0 Å². The largest absolute Gasteiger partial charge is 0.478 e. The molecule has 6 rings (SSSR count). The van der Waals surface area contributed by atoms with Crippen LogP contribution in [0.1, 0.15) is 44.7 Å². The van der Waals surface area contributed by atoms with E-state index in [1.807, 2.05) is 66.3 Å². The fourth-order valence-corrected chi connectivity index (χ4v) is 5.56. The number of nitrogen functional groups attached to an aromatic ring is 1. The summed E-state index contributed by atoms with van der Waals surface area (Å²) in [5.41, 5.74) is 10.5. The first-order valence-corrected chi connectivity index (χ1v) is 14.1. The van der Waals surface area contributed by atoms with Gasteiger partial charge in [-0.3, -0.25) is 19.5 Å². The number of amides is 2. The third-order valence-electron chi connectivity index (χ3n) is 8.04. The molecule has 0 saturated carbocycles. The lowest BCUT2D eigenvalue weighted by Gasteiger charge is -2.34. The number of rotatable bonds is 6. The Morgan fingerprint density at radius 2 is 1.76 bits per heavy atom. The lowest BCUT2D eigenvalue weighted by atomic mass is 10.1. The number of hydrogen-bond acceptors (Lipinski definition) is 7. The van der Waals surface area contributed by atoms with E-state index in [-0.39, 0.29) is 17.9 Å². The maximum atomic E-state index is 13.2. The topological polar surface area (TPSA) is 101 Å². The molecular weight excluding hydrogens is 518 g/mol. The summed E-state index contributed by atoms with van der Waals surface area (Å²) in [6, 6.07) is 16.8. The first-order valence-electron chi connectivity index (χ1n) is 14.1. The molecule has 0 aromatic heterocycles. The van der Waals surface area contributed by atoms with Gasteiger partial charge in [-0.05, 0) is 68.7 Å². The van der Waals surface area contributed by atoms with Gasteiger partial charge < -0.3 is 25.0 Å². The molecule has 3 aromatic rings. The lowest BCUT2D eigenvalue weighted by molar-refractivity contribution is 0.0480. The zero-order chi connectivity index (χ0) is 28.5. The predicted molar refractivity (Wildman–Crippen MR) is 158 cm³/mol. The average molecular weight is 554 g/mol. The van der Waals surface area contributed by atoms with Crippen molar-refractivity contribution in [3.8, 4) is 17.2 Å². The van der Waals surface area contributed by atoms with E-state index in [1.54, 1.807) is 18.2 Å². The van der Waals surface area contributed by atoms with E-state index in [0.29, 0.717) is 66.9 Å². The van der Waals surface area contributed by atoms with Gasteiger partial charge in [0, 0.05) is 50.6 Å². The molecule has 2 saturated heterocycles. The monoisotopic (exact) mass is 553 g/mol. The molecule has 41 heavy (non-hydrogen) atoms. The molecule has 3 aliphatic rings. The molecule has 0 unspecified atom stereocenters. The second-order valence-electron chi connectivity index (χ2n) is 11.0. The molecule has 9 heteroatoms. The van der Waals surface area contributed by atoms with Crippen molar-refractivity contribution in [2.75, 3.05) is 45.2 Å². The Kier molecular flexibility index (Phi) is 7.36. The van der Waals surface area contributed by atoms with Crippen molar-refractivity contribution in [1.82, 2.24) is 14.7 Å². The molecule has 2 N–H and O–H groups in total. The maximum Gasteiger partial charge on any atom is 0.256 e. The molecular formula is C32H35N5O4. The van der Waals surface area contributed by atoms with E-state index >= 15 is 0 Å². The minimum atomic E-state index is -0.0520. The number of ether oxygens (including phenoxy) is 2. The zero-order valence-corrected chi connectivity index (χ0v) is 23.5. The maximum absolute atomic E-state index is 13.2. The number of aryl methyl sites for hydroxylation is 2. The van der Waals surface area contributed by atoms with Crippen molar-refractivity contribution in [3.05, 3.63) is 76.9 Å². The van der Waals surface area contributed by atoms with Gasteiger partial charge in [0.05, 0.1) is 23.0 Å². The number of nitrogens with zero attached hydrogens (tertiary/aromatic N) is 4. The Balaban J connectivity index is 1.03. The summed E-state index contributed by atoms with van der Waals surface area (Å²) in [4.78, 5) is 36.8. The van der Waals surface area contributed by atoms with E-state index < -0.39 is 0 Å². The van der Waals surface area contributed by atoms with Gasteiger partial charge in [-0.25, -0.2) is 0 Å². The average Bonchev–Trinajstić information content (AvgIpc) is 3.41. The first-order chi connectivity index (χ1) is 19.9. The van der Waals surface area contributed by atoms with E-state index in [4.69, 9.17) is 15.2 Å². The van der Waals surface area contributed by atoms with Gasteiger partial charge in [-0.2, -0.15) is 0 Å². The molecule has 0 spiro atoms.